The zero-order valence-electron chi connectivity index (χ0n) is 62.2. The Hall–Kier alpha value is -5.03. The van der Waals surface area contributed by atoms with E-state index in [1.807, 2.05) is 0 Å². The Morgan fingerprint density at radius 3 is 0.882 bits per heavy atom. The fourth-order valence-corrected chi connectivity index (χ4v) is 12.0. The van der Waals surface area contributed by atoms with Gasteiger partial charge in [0.2, 0.25) is 0 Å². The van der Waals surface area contributed by atoms with Gasteiger partial charge in [0.1, 0.15) is 0 Å². The molecule has 0 saturated carbocycles. The SMILES string of the molecule is C/C(=C\CC/C(C)=C/CC/C(C)=C/CC/C(C)=C/CC/C(C)=C/CC/C(C)=C/CC/C(C)=C/CCC(C)CCOP(=O)(O)O)CC/C=C(\C)CC/C=C(\C)CC/C=C(\C)CC/C=C(\C)CC/C=C(\C)CC/C=C(\C)CC/C=C(\C)CCCNc1cccc2ccccc12. The van der Waals surface area contributed by atoms with Crippen molar-refractivity contribution in [2.24, 2.45) is 5.92 Å². The molecule has 0 aliphatic heterocycles. The summed E-state index contributed by atoms with van der Waals surface area (Å²) >= 11 is 0. The molecule has 5 nitrogen and oxygen atoms in total. The van der Waals surface area contributed by atoms with Gasteiger partial charge in [0.25, 0.3) is 0 Å². The number of fused-ring (bicyclic) bond motifs is 1. The minimum atomic E-state index is -4.36. The molecule has 0 heterocycles. The normalized spacial score (nSPS) is 15.2. The first-order valence-electron chi connectivity index (χ1n) is 36.6. The monoisotopic (exact) mass is 1290 g/mol. The van der Waals surface area contributed by atoms with Gasteiger partial charge in [0.15, 0.2) is 0 Å². The number of allylic oxidation sites excluding steroid dienone is 28. The fourth-order valence-electron chi connectivity index (χ4n) is 11.6. The van der Waals surface area contributed by atoms with Crippen molar-refractivity contribution in [3.8, 4) is 0 Å². The summed E-state index contributed by atoms with van der Waals surface area (Å²) in [6, 6.07) is 15.1. The molecule has 1 atom stereocenters. The third kappa shape index (κ3) is 48.3. The third-order valence-corrected chi connectivity index (χ3v) is 18.8. The van der Waals surface area contributed by atoms with Crippen LogP contribution in [0.3, 0.4) is 0 Å². The second kappa shape index (κ2) is 52.2. The molecule has 2 rings (SSSR count). The number of benzene rings is 2. The first-order chi connectivity index (χ1) is 44.5. The van der Waals surface area contributed by atoms with Crippen molar-refractivity contribution < 1.29 is 18.9 Å². The number of phosphoric ester groups is 1. The van der Waals surface area contributed by atoms with Crippen LogP contribution in [0.25, 0.3) is 10.8 Å². The predicted octanol–water partition coefficient (Wildman–Crippen LogP) is 28.3. The summed E-state index contributed by atoms with van der Waals surface area (Å²) in [4.78, 5) is 17.7. The van der Waals surface area contributed by atoms with Crippen molar-refractivity contribution in [1.82, 2.24) is 0 Å². The van der Waals surface area contributed by atoms with Gasteiger partial charge in [0, 0.05) is 17.6 Å². The highest BCUT2D eigenvalue weighted by atomic mass is 31.2. The third-order valence-electron chi connectivity index (χ3n) is 18.3. The van der Waals surface area contributed by atoms with Gasteiger partial charge in [-0.15, -0.1) is 0 Å². The van der Waals surface area contributed by atoms with E-state index >= 15 is 0 Å². The van der Waals surface area contributed by atoms with Gasteiger partial charge in [-0.05, 0) is 313 Å². The second-order valence-electron chi connectivity index (χ2n) is 28.1. The van der Waals surface area contributed by atoms with Crippen molar-refractivity contribution >= 4 is 24.3 Å². The molecule has 0 aromatic heterocycles. The van der Waals surface area contributed by atoms with Crippen molar-refractivity contribution in [2.75, 3.05) is 18.5 Å². The van der Waals surface area contributed by atoms with Crippen LogP contribution in [-0.2, 0) is 9.09 Å². The maximum atomic E-state index is 10.9. The molecule has 0 aliphatic carbocycles. The van der Waals surface area contributed by atoms with E-state index in [0.29, 0.717) is 12.3 Å². The van der Waals surface area contributed by atoms with E-state index in [0.717, 1.165) is 199 Å². The highest BCUT2D eigenvalue weighted by Crippen LogP contribution is 2.36. The second-order valence-corrected chi connectivity index (χ2v) is 29.3. The summed E-state index contributed by atoms with van der Waals surface area (Å²) < 4.78 is 15.4. The molecule has 0 fully saturated rings. The van der Waals surface area contributed by atoms with Crippen LogP contribution < -0.4 is 5.32 Å². The molecule has 93 heavy (non-hydrogen) atoms. The first-order valence-corrected chi connectivity index (χ1v) is 38.1. The molecule has 0 aliphatic rings. The summed E-state index contributed by atoms with van der Waals surface area (Å²) in [7, 11) is -4.36. The molecular formula is C87H136NO4P. The fraction of sp³-hybridized carbons (Fsp3) is 0.563. The van der Waals surface area contributed by atoms with Crippen LogP contribution in [0.2, 0.25) is 0 Å². The molecule has 3 N–H and O–H groups in total. The minimum Gasteiger partial charge on any atom is -0.385 e. The molecule has 6 heteroatoms. The van der Waals surface area contributed by atoms with Crippen molar-refractivity contribution in [3.05, 3.63) is 206 Å². The predicted molar refractivity (Wildman–Crippen MR) is 415 cm³/mol. The summed E-state index contributed by atoms with van der Waals surface area (Å²) in [6.45, 7) is 35.3. The summed E-state index contributed by atoms with van der Waals surface area (Å²) in [5.74, 6) is 0.372. The average molecular weight is 1290 g/mol. The van der Waals surface area contributed by atoms with Crippen LogP contribution in [0.15, 0.2) is 206 Å². The number of phosphoric acid groups is 1. The molecule has 0 radical (unpaired) electrons. The molecule has 0 saturated heterocycles. The van der Waals surface area contributed by atoms with Crippen molar-refractivity contribution in [2.45, 2.75) is 303 Å². The standard InChI is InChI=1S/C87H136NO4P/c1-70(35-19-37-72(3)39-21-41-74(5)43-23-45-76(7)47-25-49-78(9)51-27-53-80(11)55-29-57-82(13)59-31-61-84(15)67-69-92-93(89,90)91)34-18-36-71(2)38-20-40-73(4)42-22-44-75(6)46-24-48-77(8)50-26-52-79(10)54-28-56-81(12)58-30-60-83(14)62-33-68-88-87-66-32-64-85-63-16-17-65-86(85)87/h16-17,32,35-36,39-40,43-44,47-48,51-52,55-56,59-60,63-66,84,88H,18-31,33-34,37-38,41-42,45-46,49-50,53-54,57-58,61-62,67-69H2,1-15H3,(H2,89,90,91)/b70-35+,71-36+,72-39+,73-40+,74-43+,75-44+,76-47+,77-48+,78-51+,79-52+,80-55+,81-56+,82-59+,83-60+. The van der Waals surface area contributed by atoms with Gasteiger partial charge in [0.05, 0.1) is 6.61 Å². The van der Waals surface area contributed by atoms with Crippen LogP contribution in [0.4, 0.5) is 5.69 Å². The van der Waals surface area contributed by atoms with Gasteiger partial charge >= 0.3 is 7.82 Å². The molecular weight excluding hydrogens is 1150 g/mol. The summed E-state index contributed by atoms with van der Waals surface area (Å²) in [5.41, 5.74) is 22.3. The van der Waals surface area contributed by atoms with Crippen molar-refractivity contribution in [3.63, 3.8) is 0 Å². The lowest BCUT2D eigenvalue weighted by Gasteiger charge is -2.11. The molecule has 518 valence electrons. The van der Waals surface area contributed by atoms with Crippen LogP contribution >= 0.6 is 7.82 Å². The lowest BCUT2D eigenvalue weighted by Crippen LogP contribution is -2.02. The zero-order valence-corrected chi connectivity index (χ0v) is 63.1. The topological polar surface area (TPSA) is 78.8 Å². The Balaban J connectivity index is 1.51. The van der Waals surface area contributed by atoms with E-state index in [1.54, 1.807) is 0 Å². The van der Waals surface area contributed by atoms with E-state index in [9.17, 15) is 4.57 Å². The highest BCUT2D eigenvalue weighted by Gasteiger charge is 2.14. The number of nitrogens with one attached hydrogen (secondary N) is 1. The van der Waals surface area contributed by atoms with Gasteiger partial charge in [-0.1, -0.05) is 206 Å². The van der Waals surface area contributed by atoms with E-state index < -0.39 is 7.82 Å². The Kier molecular flexibility index (Phi) is 47.2. The van der Waals surface area contributed by atoms with Crippen molar-refractivity contribution in [1.29, 1.82) is 0 Å². The lowest BCUT2D eigenvalue weighted by molar-refractivity contribution is 0.185. The van der Waals surface area contributed by atoms with Gasteiger partial charge in [-0.2, -0.15) is 0 Å². The number of rotatable bonds is 51. The molecule has 0 amide bonds. The number of hydrogen-bond acceptors (Lipinski definition) is 3. The van der Waals surface area contributed by atoms with Crippen LogP contribution in [0, 0.1) is 5.92 Å². The largest absolute Gasteiger partial charge is 0.469 e. The van der Waals surface area contributed by atoms with Gasteiger partial charge < -0.3 is 15.1 Å². The maximum absolute atomic E-state index is 10.9. The summed E-state index contributed by atoms with van der Waals surface area (Å²) in [6.07, 6.45) is 68.8. The smallest absolute Gasteiger partial charge is 0.385 e. The van der Waals surface area contributed by atoms with Crippen LogP contribution in [0.5, 0.6) is 0 Å². The quantitative estimate of drug-likeness (QED) is 0.0349. The minimum absolute atomic E-state index is 0.104. The van der Waals surface area contributed by atoms with E-state index in [2.05, 4.69) is 241 Å². The number of anilines is 1. The highest BCUT2D eigenvalue weighted by molar-refractivity contribution is 7.46. The molecule has 0 spiro atoms. The van der Waals surface area contributed by atoms with Gasteiger partial charge in [-0.25, -0.2) is 4.57 Å². The van der Waals surface area contributed by atoms with Gasteiger partial charge in [-0.3, -0.25) is 4.52 Å². The van der Waals surface area contributed by atoms with Crippen LogP contribution in [-0.4, -0.2) is 22.9 Å². The lowest BCUT2D eigenvalue weighted by atomic mass is 10.0. The summed E-state index contributed by atoms with van der Waals surface area (Å²) in [5, 5.41) is 6.26. The zero-order chi connectivity index (χ0) is 68.5. The molecule has 0 bridgehead atoms. The molecule has 1 unspecified atom stereocenters. The Morgan fingerprint density at radius 2 is 0.602 bits per heavy atom. The number of hydrogen-bond donors (Lipinski definition) is 3. The van der Waals surface area contributed by atoms with Crippen LogP contribution in [0.1, 0.15) is 303 Å². The molecule has 2 aromatic carbocycles. The Morgan fingerprint density at radius 1 is 0.355 bits per heavy atom. The average Bonchev–Trinajstić information content (AvgIpc) is 1.13. The Labute approximate surface area is 572 Å². The maximum Gasteiger partial charge on any atom is 0.469 e. The van der Waals surface area contributed by atoms with E-state index in [4.69, 9.17) is 9.79 Å². The first kappa shape index (κ1) is 84.1. The van der Waals surface area contributed by atoms with E-state index in [1.165, 1.54) is 94.5 Å². The van der Waals surface area contributed by atoms with E-state index in [-0.39, 0.29) is 6.61 Å². The molecule has 2 aromatic rings. The Bertz CT molecular complexity index is 2940.